The molecule has 0 radical (unpaired) electrons. The first-order valence-electron chi connectivity index (χ1n) is 6.80. The maximum absolute atomic E-state index is 10.7. The van der Waals surface area contributed by atoms with Crippen molar-refractivity contribution in [2.75, 3.05) is 6.61 Å². The van der Waals surface area contributed by atoms with Gasteiger partial charge >= 0.3 is 0 Å². The Bertz CT molecular complexity index is 569. The minimum atomic E-state index is -0.848. The van der Waals surface area contributed by atoms with Gasteiger partial charge in [-0.05, 0) is 19.4 Å². The van der Waals surface area contributed by atoms with Gasteiger partial charge in [0.05, 0.1) is 23.5 Å². The quantitative estimate of drug-likeness (QED) is 0.888. The maximum atomic E-state index is 10.7. The summed E-state index contributed by atoms with van der Waals surface area (Å²) in [7, 11) is 0. The molecule has 4 nitrogen and oxygen atoms in total. The Balaban J connectivity index is 2.41. The zero-order chi connectivity index (χ0) is 14.5. The Kier molecular flexibility index (Phi) is 5.04. The Hall–Kier alpha value is -1.52. The van der Waals surface area contributed by atoms with E-state index in [1.807, 2.05) is 31.2 Å². The van der Waals surface area contributed by atoms with E-state index < -0.39 is 6.10 Å². The second-order valence-electron chi connectivity index (χ2n) is 4.47. The smallest absolute Gasteiger partial charge is 0.126 e. The van der Waals surface area contributed by atoms with Crippen molar-refractivity contribution in [1.82, 2.24) is 9.78 Å². The summed E-state index contributed by atoms with van der Waals surface area (Å²) in [5.41, 5.74) is 1.31. The number of nitrogens with zero attached hydrogens (tertiary/aromatic N) is 2. The highest BCUT2D eigenvalue weighted by Gasteiger charge is 2.22. The van der Waals surface area contributed by atoms with Crippen LogP contribution >= 0.6 is 11.6 Å². The molecule has 1 N–H and O–H groups in total. The van der Waals surface area contributed by atoms with Crippen molar-refractivity contribution in [3.63, 3.8) is 0 Å². The molecule has 1 heterocycles. The molecule has 0 bridgehead atoms. The first-order chi connectivity index (χ1) is 9.69. The fraction of sp³-hybridized carbons (Fsp3) is 0.400. The van der Waals surface area contributed by atoms with Gasteiger partial charge in [-0.15, -0.1) is 0 Å². The average Bonchev–Trinajstić information content (AvgIpc) is 2.81. The third kappa shape index (κ3) is 2.97. The van der Waals surface area contributed by atoms with Gasteiger partial charge in [-0.1, -0.05) is 36.7 Å². The average molecular weight is 295 g/mol. The molecule has 0 aliphatic carbocycles. The fourth-order valence-corrected chi connectivity index (χ4v) is 2.42. The van der Waals surface area contributed by atoms with Gasteiger partial charge < -0.3 is 9.84 Å². The van der Waals surface area contributed by atoms with Crippen LogP contribution in [0.2, 0.25) is 5.02 Å². The summed E-state index contributed by atoms with van der Waals surface area (Å²) in [6, 6.07) is 7.44. The molecule has 0 aliphatic rings. The molecular weight excluding hydrogens is 276 g/mol. The van der Waals surface area contributed by atoms with Crippen LogP contribution in [0.4, 0.5) is 0 Å². The third-order valence-corrected chi connectivity index (χ3v) is 3.33. The maximum Gasteiger partial charge on any atom is 0.126 e. The number of hydrogen-bond donors (Lipinski definition) is 1. The number of hydrogen-bond acceptors (Lipinski definition) is 3. The second kappa shape index (κ2) is 6.77. The van der Waals surface area contributed by atoms with Crippen molar-refractivity contribution in [1.29, 1.82) is 0 Å². The van der Waals surface area contributed by atoms with Crippen molar-refractivity contribution in [2.24, 2.45) is 0 Å². The minimum Gasteiger partial charge on any atom is -0.493 e. The van der Waals surface area contributed by atoms with E-state index in [4.69, 9.17) is 16.3 Å². The monoisotopic (exact) mass is 294 g/mol. The zero-order valence-electron chi connectivity index (χ0n) is 11.7. The van der Waals surface area contributed by atoms with Gasteiger partial charge in [0.25, 0.3) is 0 Å². The molecule has 108 valence electrons. The van der Waals surface area contributed by atoms with Crippen LogP contribution in [0.5, 0.6) is 5.75 Å². The summed E-state index contributed by atoms with van der Waals surface area (Å²) < 4.78 is 7.31. The molecule has 1 aromatic heterocycles. The highest BCUT2D eigenvalue weighted by molar-refractivity contribution is 6.31. The van der Waals surface area contributed by atoms with Gasteiger partial charge in [-0.2, -0.15) is 5.10 Å². The van der Waals surface area contributed by atoms with Gasteiger partial charge in [0.1, 0.15) is 11.9 Å². The number of aliphatic hydroxyl groups excluding tert-OH is 1. The van der Waals surface area contributed by atoms with Gasteiger partial charge in [0.15, 0.2) is 0 Å². The molecule has 0 amide bonds. The first kappa shape index (κ1) is 14.9. The van der Waals surface area contributed by atoms with Crippen LogP contribution < -0.4 is 4.74 Å². The number of rotatable bonds is 6. The molecule has 20 heavy (non-hydrogen) atoms. The lowest BCUT2D eigenvalue weighted by molar-refractivity contribution is 0.200. The van der Waals surface area contributed by atoms with E-state index in [-0.39, 0.29) is 0 Å². The Labute approximate surface area is 123 Å². The summed E-state index contributed by atoms with van der Waals surface area (Å²) in [4.78, 5) is 0. The molecule has 2 rings (SSSR count). The molecule has 0 saturated carbocycles. The van der Waals surface area contributed by atoms with E-state index in [2.05, 4.69) is 12.0 Å². The van der Waals surface area contributed by atoms with Crippen molar-refractivity contribution < 1.29 is 9.84 Å². The highest BCUT2D eigenvalue weighted by Crippen LogP contribution is 2.33. The first-order valence-corrected chi connectivity index (χ1v) is 7.17. The lowest BCUT2D eigenvalue weighted by Gasteiger charge is -2.17. The summed E-state index contributed by atoms with van der Waals surface area (Å²) in [5.74, 6) is 0.669. The lowest BCUT2D eigenvalue weighted by atomic mass is 10.1. The van der Waals surface area contributed by atoms with Crippen LogP contribution in [0.15, 0.2) is 30.5 Å². The fourth-order valence-electron chi connectivity index (χ4n) is 2.17. The summed E-state index contributed by atoms with van der Waals surface area (Å²) in [6.07, 6.45) is 1.64. The van der Waals surface area contributed by atoms with Crippen LogP contribution in [0.1, 0.15) is 37.6 Å². The van der Waals surface area contributed by atoms with Crippen LogP contribution in [0.25, 0.3) is 0 Å². The summed E-state index contributed by atoms with van der Waals surface area (Å²) >= 11 is 6.17. The lowest BCUT2D eigenvalue weighted by Crippen LogP contribution is -2.11. The molecule has 5 heteroatoms. The van der Waals surface area contributed by atoms with E-state index in [0.29, 0.717) is 28.6 Å². The zero-order valence-corrected chi connectivity index (χ0v) is 12.5. The van der Waals surface area contributed by atoms with Crippen molar-refractivity contribution in [2.45, 2.75) is 32.9 Å². The molecule has 0 saturated heterocycles. The van der Waals surface area contributed by atoms with Crippen LogP contribution in [-0.2, 0) is 6.54 Å². The second-order valence-corrected chi connectivity index (χ2v) is 4.88. The number of aliphatic hydroxyl groups is 1. The largest absolute Gasteiger partial charge is 0.493 e. The Morgan fingerprint density at radius 2 is 2.10 bits per heavy atom. The SMILES string of the molecule is CCCn1ncc(Cl)c1C(O)c1ccccc1OCC. The van der Waals surface area contributed by atoms with E-state index in [0.717, 1.165) is 13.0 Å². The summed E-state index contributed by atoms with van der Waals surface area (Å²) in [5, 5.41) is 15.3. The van der Waals surface area contributed by atoms with Gasteiger partial charge in [-0.3, -0.25) is 4.68 Å². The van der Waals surface area contributed by atoms with Gasteiger partial charge in [0, 0.05) is 12.1 Å². The Morgan fingerprint density at radius 1 is 1.35 bits per heavy atom. The number of benzene rings is 1. The number of halogens is 1. The van der Waals surface area contributed by atoms with Crippen molar-refractivity contribution in [3.8, 4) is 5.75 Å². The molecule has 1 unspecified atom stereocenters. The standard InChI is InChI=1S/C15H19ClN2O2/c1-3-9-18-14(12(16)10-17-18)15(19)11-7-5-6-8-13(11)20-4-2/h5-8,10,15,19H,3-4,9H2,1-2H3. The molecule has 0 spiro atoms. The predicted molar refractivity (Wildman–Crippen MR) is 79.2 cm³/mol. The summed E-state index contributed by atoms with van der Waals surface area (Å²) in [6.45, 7) is 5.24. The molecule has 2 aromatic rings. The van der Waals surface area contributed by atoms with Gasteiger partial charge in [0.2, 0.25) is 0 Å². The molecule has 1 aromatic carbocycles. The predicted octanol–water partition coefficient (Wildman–Crippen LogP) is 3.43. The number of aryl methyl sites for hydroxylation is 1. The van der Waals surface area contributed by atoms with E-state index >= 15 is 0 Å². The normalized spacial score (nSPS) is 12.4. The number of aromatic nitrogens is 2. The molecule has 0 aliphatic heterocycles. The topological polar surface area (TPSA) is 47.3 Å². The van der Waals surface area contributed by atoms with E-state index in [1.54, 1.807) is 10.9 Å². The molecular formula is C15H19ClN2O2. The van der Waals surface area contributed by atoms with E-state index in [9.17, 15) is 5.11 Å². The minimum absolute atomic E-state index is 0.470. The van der Waals surface area contributed by atoms with E-state index in [1.165, 1.54) is 0 Å². The van der Waals surface area contributed by atoms with Crippen molar-refractivity contribution >= 4 is 11.6 Å². The van der Waals surface area contributed by atoms with Gasteiger partial charge in [-0.25, -0.2) is 0 Å². The van der Waals surface area contributed by atoms with Crippen LogP contribution in [-0.4, -0.2) is 21.5 Å². The molecule has 0 fully saturated rings. The Morgan fingerprint density at radius 3 is 2.80 bits per heavy atom. The van der Waals surface area contributed by atoms with Crippen molar-refractivity contribution in [3.05, 3.63) is 46.7 Å². The molecule has 1 atom stereocenters. The number of para-hydroxylation sites is 1. The highest BCUT2D eigenvalue weighted by atomic mass is 35.5. The third-order valence-electron chi connectivity index (χ3n) is 3.04. The number of ether oxygens (including phenoxy) is 1. The van der Waals surface area contributed by atoms with Crippen LogP contribution in [0.3, 0.4) is 0 Å². The van der Waals surface area contributed by atoms with Crippen LogP contribution in [0, 0.1) is 0 Å².